The molecule has 10 heteroatoms. The largest absolute Gasteiger partial charge is 0.489 e. The lowest BCUT2D eigenvalue weighted by Crippen LogP contribution is -2.47. The first-order chi connectivity index (χ1) is 24.7. The van der Waals surface area contributed by atoms with Crippen LogP contribution in [0.4, 0.5) is 8.78 Å². The Bertz CT molecular complexity index is 1960. The molecule has 7 nitrogen and oxygen atoms in total. The van der Waals surface area contributed by atoms with Crippen LogP contribution in [-0.4, -0.2) is 46.9 Å². The van der Waals surface area contributed by atoms with Crippen LogP contribution < -0.4 is 14.2 Å². The normalized spacial score (nSPS) is 13.4. The molecule has 0 spiro atoms. The van der Waals surface area contributed by atoms with Crippen molar-refractivity contribution in [3.05, 3.63) is 153 Å². The molecule has 0 atom stereocenters. The van der Waals surface area contributed by atoms with E-state index in [4.69, 9.17) is 25.8 Å². The highest BCUT2D eigenvalue weighted by atomic mass is 35.5. The standard InChI is InChI=1S/C41H38ClF2N3O4/c1-28-3-5-30(6-4-28)26-50-36-14-15-39(45-24-36)51-41-29(2)21-31(22-37(41)42)8-16-40(48)47-19-17-46(18-20-47)25-33-9-7-32(23-38(33)44)27-49-35-12-10-34(43)11-13-35/h3-16,21-24H,17-20,25-27H2,1-2H3/b16-8+. The number of piperazine rings is 1. The lowest BCUT2D eigenvalue weighted by atomic mass is 10.1. The van der Waals surface area contributed by atoms with Gasteiger partial charge in [-0.2, -0.15) is 0 Å². The molecule has 0 unspecified atom stereocenters. The third kappa shape index (κ3) is 9.93. The van der Waals surface area contributed by atoms with Crippen molar-refractivity contribution < 1.29 is 27.8 Å². The molecule has 1 aromatic heterocycles. The highest BCUT2D eigenvalue weighted by Crippen LogP contribution is 2.34. The minimum Gasteiger partial charge on any atom is -0.489 e. The summed E-state index contributed by atoms with van der Waals surface area (Å²) < 4.78 is 45.5. The van der Waals surface area contributed by atoms with Crippen LogP contribution in [0.3, 0.4) is 0 Å². The fraction of sp³-hybridized carbons (Fsp3) is 0.220. The monoisotopic (exact) mass is 709 g/mol. The van der Waals surface area contributed by atoms with Crippen molar-refractivity contribution in [1.82, 2.24) is 14.8 Å². The SMILES string of the molecule is Cc1ccc(COc2ccc(Oc3c(C)cc(/C=C/C(=O)N4CCN(Cc5ccc(COc6ccc(F)cc6)cc5F)CC4)cc3Cl)nc2)cc1. The second-order valence-corrected chi connectivity index (χ2v) is 12.9. The van der Waals surface area contributed by atoms with E-state index in [0.717, 1.165) is 16.7 Å². The minimum absolute atomic E-state index is 0.102. The number of carbonyl (C=O) groups is 1. The van der Waals surface area contributed by atoms with Crippen molar-refractivity contribution in [1.29, 1.82) is 0 Å². The molecule has 5 aromatic rings. The number of aryl methyl sites for hydroxylation is 2. The van der Waals surface area contributed by atoms with Gasteiger partial charge in [-0.05, 0) is 90.7 Å². The predicted octanol–water partition coefficient (Wildman–Crippen LogP) is 8.94. The van der Waals surface area contributed by atoms with Gasteiger partial charge in [-0.1, -0.05) is 53.6 Å². The molecule has 51 heavy (non-hydrogen) atoms. The van der Waals surface area contributed by atoms with Crippen LogP contribution >= 0.6 is 11.6 Å². The van der Waals surface area contributed by atoms with E-state index in [-0.39, 0.29) is 24.1 Å². The summed E-state index contributed by atoms with van der Waals surface area (Å²) in [6.07, 6.45) is 4.90. The van der Waals surface area contributed by atoms with E-state index in [9.17, 15) is 13.6 Å². The molecular formula is C41H38ClF2N3O4. The number of pyridine rings is 1. The van der Waals surface area contributed by atoms with Crippen LogP contribution in [0.25, 0.3) is 6.08 Å². The summed E-state index contributed by atoms with van der Waals surface area (Å²) in [5.74, 6) is 1.26. The Kier molecular flexibility index (Phi) is 11.6. The van der Waals surface area contributed by atoms with E-state index in [1.807, 2.05) is 50.2 Å². The Labute approximate surface area is 301 Å². The van der Waals surface area contributed by atoms with E-state index < -0.39 is 0 Å². The molecule has 0 saturated carbocycles. The Morgan fingerprint density at radius 1 is 0.824 bits per heavy atom. The van der Waals surface area contributed by atoms with Gasteiger partial charge in [0.1, 0.15) is 36.3 Å². The van der Waals surface area contributed by atoms with E-state index in [2.05, 4.69) is 9.88 Å². The zero-order valence-corrected chi connectivity index (χ0v) is 29.2. The van der Waals surface area contributed by atoms with Gasteiger partial charge in [-0.15, -0.1) is 0 Å². The number of nitrogens with zero attached hydrogens (tertiary/aromatic N) is 3. The molecule has 4 aromatic carbocycles. The maximum Gasteiger partial charge on any atom is 0.246 e. The molecule has 0 radical (unpaired) electrons. The second kappa shape index (κ2) is 16.6. The Hall–Kier alpha value is -5.25. The summed E-state index contributed by atoms with van der Waals surface area (Å²) in [6.45, 7) is 7.31. The molecule has 262 valence electrons. The second-order valence-electron chi connectivity index (χ2n) is 12.5. The minimum atomic E-state index is -0.342. The number of ether oxygens (including phenoxy) is 3. The maximum atomic E-state index is 14.9. The summed E-state index contributed by atoms with van der Waals surface area (Å²) in [7, 11) is 0. The Morgan fingerprint density at radius 3 is 2.20 bits per heavy atom. The lowest BCUT2D eigenvalue weighted by molar-refractivity contribution is -0.127. The molecule has 1 fully saturated rings. The summed E-state index contributed by atoms with van der Waals surface area (Å²) in [6, 6.07) is 26.1. The van der Waals surface area contributed by atoms with Gasteiger partial charge in [-0.3, -0.25) is 9.69 Å². The van der Waals surface area contributed by atoms with Crippen molar-refractivity contribution in [2.45, 2.75) is 33.6 Å². The van der Waals surface area contributed by atoms with Crippen molar-refractivity contribution >= 4 is 23.6 Å². The average molecular weight is 710 g/mol. The Morgan fingerprint density at radius 2 is 1.51 bits per heavy atom. The number of benzene rings is 4. The summed E-state index contributed by atoms with van der Waals surface area (Å²) in [5, 5.41) is 0.401. The smallest absolute Gasteiger partial charge is 0.246 e. The number of halogens is 3. The van der Waals surface area contributed by atoms with Gasteiger partial charge in [0.05, 0.1) is 11.2 Å². The van der Waals surface area contributed by atoms with Crippen LogP contribution in [0.15, 0.2) is 103 Å². The van der Waals surface area contributed by atoms with Crippen LogP contribution in [-0.2, 0) is 24.6 Å². The molecule has 1 amide bonds. The summed E-state index contributed by atoms with van der Waals surface area (Å²) >= 11 is 6.60. The van der Waals surface area contributed by atoms with Gasteiger partial charge in [0, 0.05) is 50.4 Å². The van der Waals surface area contributed by atoms with Crippen molar-refractivity contribution in [3.8, 4) is 23.1 Å². The van der Waals surface area contributed by atoms with Gasteiger partial charge in [0.25, 0.3) is 0 Å². The number of hydrogen-bond acceptors (Lipinski definition) is 6. The van der Waals surface area contributed by atoms with Gasteiger partial charge in [0.15, 0.2) is 5.75 Å². The predicted molar refractivity (Wildman–Crippen MR) is 194 cm³/mol. The van der Waals surface area contributed by atoms with Gasteiger partial charge >= 0.3 is 0 Å². The van der Waals surface area contributed by atoms with Crippen molar-refractivity contribution in [2.24, 2.45) is 0 Å². The number of aromatic nitrogens is 1. The number of hydrogen-bond donors (Lipinski definition) is 0. The highest BCUT2D eigenvalue weighted by Gasteiger charge is 2.21. The first-order valence-corrected chi connectivity index (χ1v) is 17.0. The summed E-state index contributed by atoms with van der Waals surface area (Å²) in [5.41, 5.74) is 5.10. The molecule has 2 heterocycles. The molecule has 1 aliphatic heterocycles. The van der Waals surface area contributed by atoms with E-state index in [0.29, 0.717) is 78.6 Å². The fourth-order valence-corrected chi connectivity index (χ4v) is 5.91. The molecule has 0 N–H and O–H groups in total. The third-order valence-electron chi connectivity index (χ3n) is 8.53. The van der Waals surface area contributed by atoms with Crippen LogP contribution in [0.5, 0.6) is 23.1 Å². The lowest BCUT2D eigenvalue weighted by Gasteiger charge is -2.34. The number of rotatable bonds is 12. The zero-order chi connectivity index (χ0) is 35.7. The van der Waals surface area contributed by atoms with Gasteiger partial charge in [0.2, 0.25) is 11.8 Å². The van der Waals surface area contributed by atoms with Crippen LogP contribution in [0, 0.1) is 25.5 Å². The third-order valence-corrected chi connectivity index (χ3v) is 8.81. The average Bonchev–Trinajstić information content (AvgIpc) is 3.13. The van der Waals surface area contributed by atoms with E-state index >= 15 is 0 Å². The van der Waals surface area contributed by atoms with E-state index in [1.54, 1.807) is 47.5 Å². The molecular weight excluding hydrogens is 672 g/mol. The highest BCUT2D eigenvalue weighted by molar-refractivity contribution is 6.32. The van der Waals surface area contributed by atoms with E-state index in [1.165, 1.54) is 35.9 Å². The first-order valence-electron chi connectivity index (χ1n) is 16.7. The van der Waals surface area contributed by atoms with Crippen LogP contribution in [0.1, 0.15) is 33.4 Å². The molecule has 1 aliphatic rings. The van der Waals surface area contributed by atoms with Crippen molar-refractivity contribution in [3.63, 3.8) is 0 Å². The number of amides is 1. The molecule has 0 bridgehead atoms. The zero-order valence-electron chi connectivity index (χ0n) is 28.5. The van der Waals surface area contributed by atoms with Gasteiger partial charge in [-0.25, -0.2) is 13.8 Å². The molecule has 0 aliphatic carbocycles. The quantitative estimate of drug-likeness (QED) is 0.121. The van der Waals surface area contributed by atoms with Gasteiger partial charge < -0.3 is 19.1 Å². The Balaban J connectivity index is 0.959. The topological polar surface area (TPSA) is 64.1 Å². The first kappa shape index (κ1) is 35.6. The fourth-order valence-electron chi connectivity index (χ4n) is 5.60. The van der Waals surface area contributed by atoms with Crippen molar-refractivity contribution in [2.75, 3.05) is 26.2 Å². The maximum absolute atomic E-state index is 14.9. The number of carbonyl (C=O) groups excluding carboxylic acids is 1. The molecule has 6 rings (SSSR count). The van der Waals surface area contributed by atoms with Crippen LogP contribution in [0.2, 0.25) is 5.02 Å². The molecule has 1 saturated heterocycles. The summed E-state index contributed by atoms with van der Waals surface area (Å²) in [4.78, 5) is 21.3.